The Kier molecular flexibility index (Phi) is 11.6. The summed E-state index contributed by atoms with van der Waals surface area (Å²) in [6, 6.07) is 0. The number of aliphatic hydroxyl groups excluding tert-OH is 9. The predicted octanol–water partition coefficient (Wildman–Crippen LogP) is 0.0517. The highest BCUT2D eigenvalue weighted by Gasteiger charge is 2.72. The van der Waals surface area contributed by atoms with Crippen molar-refractivity contribution in [3.63, 3.8) is 0 Å². The van der Waals surface area contributed by atoms with Crippen LogP contribution in [0, 0.1) is 50.2 Å². The fourth-order valence-corrected chi connectivity index (χ4v) is 13.7. The molecule has 9 N–H and O–H groups in total. The van der Waals surface area contributed by atoms with E-state index < -0.39 is 113 Å². The number of aliphatic hydroxyl groups is 9. The SMILES string of the molecule is COC(=O)[C@@]1(C)CC[C@]2(C(=O)O[C@@H]3O[C@H](CO)[C@@H](O)[C@H](O)[C@H]3O)CC[C@]3(C)C(=CC[C@@H]4[C@@]5(C)C[C@H](O)[C@H](OC6OC[C@@H](O)[C@H](O)[C@H]6O)[C@@](C)(CO)[C@@H]5CC[C@]43C)[C@@H]2C1. The van der Waals surface area contributed by atoms with Crippen LogP contribution in [0.2, 0.25) is 0 Å². The molecule has 5 aliphatic carbocycles. The molecule has 0 aromatic heterocycles. The number of ether oxygens (including phenoxy) is 5. The zero-order chi connectivity index (χ0) is 42.5. The van der Waals surface area contributed by atoms with Crippen LogP contribution in [0.25, 0.3) is 0 Å². The van der Waals surface area contributed by atoms with E-state index in [1.54, 1.807) is 0 Å². The van der Waals surface area contributed by atoms with E-state index in [0.717, 1.165) is 12.0 Å². The number of hydrogen-bond donors (Lipinski definition) is 9. The first-order valence-electron chi connectivity index (χ1n) is 21.0. The molecule has 1 unspecified atom stereocenters. The Morgan fingerprint density at radius 3 is 2.10 bits per heavy atom. The van der Waals surface area contributed by atoms with E-state index in [-0.39, 0.29) is 42.9 Å². The lowest BCUT2D eigenvalue weighted by Gasteiger charge is -2.71. The molecular weight excluding hydrogens is 760 g/mol. The summed E-state index contributed by atoms with van der Waals surface area (Å²) >= 11 is 0. The Bertz CT molecular complexity index is 1610. The minimum atomic E-state index is -1.76. The Morgan fingerprint density at radius 2 is 1.45 bits per heavy atom. The van der Waals surface area contributed by atoms with Crippen molar-refractivity contribution in [2.24, 2.45) is 50.2 Å². The van der Waals surface area contributed by atoms with Crippen LogP contribution in [0.15, 0.2) is 11.6 Å². The summed E-state index contributed by atoms with van der Waals surface area (Å²) in [6.45, 7) is 9.20. The molecule has 16 heteroatoms. The monoisotopic (exact) mass is 826 g/mol. The molecular formula is C42H66O16. The average molecular weight is 827 g/mol. The maximum absolute atomic E-state index is 14.7. The van der Waals surface area contributed by atoms with Crippen LogP contribution in [0.5, 0.6) is 0 Å². The van der Waals surface area contributed by atoms with Gasteiger partial charge in [-0.05, 0) is 98.7 Å². The minimum absolute atomic E-state index is 0.00612. The number of carbonyl (C=O) groups excluding carboxylic acids is 2. The van der Waals surface area contributed by atoms with Crippen LogP contribution in [-0.4, -0.2) is 152 Å². The van der Waals surface area contributed by atoms with Gasteiger partial charge in [-0.1, -0.05) is 39.3 Å². The summed E-state index contributed by atoms with van der Waals surface area (Å²) in [7, 11) is 1.35. The van der Waals surface area contributed by atoms with Crippen molar-refractivity contribution >= 4 is 11.9 Å². The second kappa shape index (κ2) is 15.2. The van der Waals surface area contributed by atoms with Crippen LogP contribution in [0.3, 0.4) is 0 Å². The predicted molar refractivity (Wildman–Crippen MR) is 201 cm³/mol. The van der Waals surface area contributed by atoms with Gasteiger partial charge in [0, 0.05) is 5.41 Å². The molecule has 0 bridgehead atoms. The summed E-state index contributed by atoms with van der Waals surface area (Å²) in [5.41, 5.74) is -3.35. The average Bonchev–Trinajstić information content (AvgIpc) is 3.19. The third kappa shape index (κ3) is 6.29. The first kappa shape index (κ1) is 44.3. The molecule has 7 aliphatic rings. The highest BCUT2D eigenvalue weighted by Crippen LogP contribution is 2.76. The van der Waals surface area contributed by atoms with Gasteiger partial charge in [0.2, 0.25) is 6.29 Å². The molecule has 2 saturated heterocycles. The van der Waals surface area contributed by atoms with Crippen molar-refractivity contribution in [2.75, 3.05) is 26.9 Å². The number of hydrogen-bond acceptors (Lipinski definition) is 16. The Morgan fingerprint density at radius 1 is 0.776 bits per heavy atom. The molecule has 2 heterocycles. The number of methoxy groups -OCH3 is 1. The van der Waals surface area contributed by atoms with E-state index in [1.807, 2.05) is 13.8 Å². The third-order valence-electron chi connectivity index (χ3n) is 17.4. The van der Waals surface area contributed by atoms with Gasteiger partial charge in [-0.25, -0.2) is 0 Å². The Balaban J connectivity index is 1.22. The molecule has 0 aromatic carbocycles. The molecule has 4 saturated carbocycles. The zero-order valence-electron chi connectivity index (χ0n) is 34.5. The van der Waals surface area contributed by atoms with Gasteiger partial charge < -0.3 is 69.6 Å². The number of carbonyl (C=O) groups is 2. The minimum Gasteiger partial charge on any atom is -0.469 e. The fourth-order valence-electron chi connectivity index (χ4n) is 13.7. The lowest BCUT2D eigenvalue weighted by atomic mass is 9.33. The van der Waals surface area contributed by atoms with Gasteiger partial charge in [-0.2, -0.15) is 0 Å². The fraction of sp³-hybridized carbons (Fsp3) is 0.905. The molecule has 330 valence electrons. The van der Waals surface area contributed by atoms with Crippen molar-refractivity contribution in [3.05, 3.63) is 11.6 Å². The summed E-state index contributed by atoms with van der Waals surface area (Å²) in [6.07, 6.45) is -9.28. The Labute approximate surface area is 339 Å². The number of allylic oxidation sites excluding steroid dienone is 2. The largest absolute Gasteiger partial charge is 0.469 e. The van der Waals surface area contributed by atoms with Crippen molar-refractivity contribution in [1.82, 2.24) is 0 Å². The molecule has 58 heavy (non-hydrogen) atoms. The molecule has 6 fully saturated rings. The molecule has 2 aliphatic heterocycles. The summed E-state index contributed by atoms with van der Waals surface area (Å²) in [5.74, 6) is -1.63. The van der Waals surface area contributed by atoms with Crippen LogP contribution >= 0.6 is 0 Å². The van der Waals surface area contributed by atoms with E-state index in [0.29, 0.717) is 44.9 Å². The first-order chi connectivity index (χ1) is 27.1. The highest BCUT2D eigenvalue weighted by atomic mass is 16.7. The lowest BCUT2D eigenvalue weighted by molar-refractivity contribution is -0.328. The number of esters is 2. The lowest BCUT2D eigenvalue weighted by Crippen LogP contribution is -2.69. The topological polar surface area (TPSA) is 262 Å². The van der Waals surface area contributed by atoms with E-state index >= 15 is 0 Å². The quantitative estimate of drug-likeness (QED) is 0.0933. The van der Waals surface area contributed by atoms with Crippen molar-refractivity contribution in [1.29, 1.82) is 0 Å². The van der Waals surface area contributed by atoms with Gasteiger partial charge in [-0.15, -0.1) is 0 Å². The van der Waals surface area contributed by atoms with Gasteiger partial charge in [0.1, 0.15) is 42.7 Å². The summed E-state index contributed by atoms with van der Waals surface area (Å²) in [5, 5.41) is 95.6. The Hall–Kier alpha value is -1.80. The van der Waals surface area contributed by atoms with Crippen LogP contribution < -0.4 is 0 Å². The van der Waals surface area contributed by atoms with Crippen LogP contribution in [0.4, 0.5) is 0 Å². The second-order valence-electron chi connectivity index (χ2n) is 20.1. The smallest absolute Gasteiger partial charge is 0.315 e. The van der Waals surface area contributed by atoms with Gasteiger partial charge in [0.15, 0.2) is 6.29 Å². The van der Waals surface area contributed by atoms with Crippen LogP contribution in [-0.2, 0) is 33.3 Å². The molecule has 20 atom stereocenters. The van der Waals surface area contributed by atoms with E-state index in [2.05, 4.69) is 26.8 Å². The second-order valence-corrected chi connectivity index (χ2v) is 20.1. The molecule has 0 amide bonds. The number of fused-ring (bicyclic) bond motifs is 7. The zero-order valence-corrected chi connectivity index (χ0v) is 34.5. The first-order valence-corrected chi connectivity index (χ1v) is 21.0. The number of rotatable bonds is 7. The summed E-state index contributed by atoms with van der Waals surface area (Å²) < 4.78 is 28.7. The maximum Gasteiger partial charge on any atom is 0.315 e. The van der Waals surface area contributed by atoms with E-state index in [4.69, 9.17) is 23.7 Å². The highest BCUT2D eigenvalue weighted by molar-refractivity contribution is 5.81. The molecule has 0 aromatic rings. The van der Waals surface area contributed by atoms with Gasteiger partial charge in [-0.3, -0.25) is 9.59 Å². The molecule has 0 spiro atoms. The maximum atomic E-state index is 14.7. The van der Waals surface area contributed by atoms with Gasteiger partial charge in [0.25, 0.3) is 0 Å². The van der Waals surface area contributed by atoms with Crippen LogP contribution in [0.1, 0.15) is 92.4 Å². The van der Waals surface area contributed by atoms with Crippen molar-refractivity contribution < 1.29 is 79.2 Å². The van der Waals surface area contributed by atoms with Crippen molar-refractivity contribution in [3.8, 4) is 0 Å². The van der Waals surface area contributed by atoms with E-state index in [1.165, 1.54) is 7.11 Å². The molecule has 16 nitrogen and oxygen atoms in total. The van der Waals surface area contributed by atoms with Gasteiger partial charge >= 0.3 is 11.9 Å². The normalized spacial score (nSPS) is 54.2. The van der Waals surface area contributed by atoms with E-state index in [9.17, 15) is 55.5 Å². The summed E-state index contributed by atoms with van der Waals surface area (Å²) in [4.78, 5) is 28.1. The standard InChI is InChI=1S/C42H66O16/c1-37(35(52)54-6)11-13-42(36(53)58-34-31(51)29(49)28(48)24(17-43)56-34)14-12-40(4)20(21(42)15-37)7-8-26-38(2)16-22(45)32(57-33-30(50)27(47)23(46)18-55-33)39(3,19-44)25(38)9-10-41(26,40)5/h7,21-34,43-51H,8-19H2,1-6H3/t21-,22-,23+,24+,25+,26+,27-,28+,29-,30+,31+,32-,33?,34-,37-,38-,39-,40+,41+,42-/m0/s1. The van der Waals surface area contributed by atoms with Crippen molar-refractivity contribution in [2.45, 2.75) is 160 Å². The molecule has 0 radical (unpaired) electrons. The molecule has 7 rings (SSSR count). The van der Waals surface area contributed by atoms with Gasteiger partial charge in [0.05, 0.1) is 50.0 Å². The third-order valence-corrected chi connectivity index (χ3v) is 17.4.